The lowest BCUT2D eigenvalue weighted by atomic mass is 10.4. The number of aryl methyl sites for hydroxylation is 1. The Morgan fingerprint density at radius 1 is 1.67 bits per heavy atom. The van der Waals surface area contributed by atoms with E-state index < -0.39 is 4.84 Å². The van der Waals surface area contributed by atoms with Gasteiger partial charge in [-0.3, -0.25) is 4.68 Å². The number of rotatable bonds is 1. The van der Waals surface area contributed by atoms with Crippen LogP contribution < -0.4 is 0 Å². The van der Waals surface area contributed by atoms with Crippen LogP contribution in [0.4, 0.5) is 0 Å². The summed E-state index contributed by atoms with van der Waals surface area (Å²) in [6.07, 6.45) is 3.43. The van der Waals surface area contributed by atoms with E-state index >= 15 is 0 Å². The van der Waals surface area contributed by atoms with Gasteiger partial charge in [-0.25, -0.2) is 0 Å². The van der Waals surface area contributed by atoms with Crippen LogP contribution in [0.5, 0.6) is 0 Å². The highest BCUT2D eigenvalue weighted by atomic mass is 35.5. The van der Waals surface area contributed by atoms with Gasteiger partial charge in [-0.2, -0.15) is 5.10 Å². The highest BCUT2D eigenvalue weighted by molar-refractivity contribution is 6.44. The van der Waals surface area contributed by atoms with Gasteiger partial charge in [0.1, 0.15) is 4.84 Å². The van der Waals surface area contributed by atoms with Crippen molar-refractivity contribution < 1.29 is 0 Å². The highest BCUT2D eigenvalue weighted by Crippen LogP contribution is 2.22. The first-order valence-electron chi connectivity index (χ1n) is 2.47. The Bertz CT molecular complexity index is 195. The summed E-state index contributed by atoms with van der Waals surface area (Å²) in [5.41, 5.74) is 0.834. The van der Waals surface area contributed by atoms with Gasteiger partial charge in [0.2, 0.25) is 0 Å². The number of hydrogen-bond donors (Lipinski definition) is 0. The molecule has 2 nitrogen and oxygen atoms in total. The summed E-state index contributed by atoms with van der Waals surface area (Å²) < 4.78 is 1.66. The molecule has 4 heteroatoms. The van der Waals surface area contributed by atoms with Gasteiger partial charge in [0.15, 0.2) is 0 Å². The van der Waals surface area contributed by atoms with Crippen LogP contribution in [0.15, 0.2) is 12.4 Å². The first kappa shape index (κ1) is 6.90. The third kappa shape index (κ3) is 1.60. The fourth-order valence-corrected chi connectivity index (χ4v) is 0.778. The second-order valence-corrected chi connectivity index (χ2v) is 2.84. The van der Waals surface area contributed by atoms with Gasteiger partial charge >= 0.3 is 0 Å². The maximum absolute atomic E-state index is 5.53. The number of aromatic nitrogens is 2. The summed E-state index contributed by atoms with van der Waals surface area (Å²) in [6.45, 7) is 0. The summed E-state index contributed by atoms with van der Waals surface area (Å²) in [4.78, 5) is -0.460. The normalized spacial score (nSPS) is 10.7. The van der Waals surface area contributed by atoms with Crippen molar-refractivity contribution in [3.8, 4) is 0 Å². The molecule has 0 saturated heterocycles. The zero-order chi connectivity index (χ0) is 6.85. The van der Waals surface area contributed by atoms with Crippen molar-refractivity contribution in [2.45, 2.75) is 4.84 Å². The van der Waals surface area contributed by atoms with Gasteiger partial charge in [-0.15, -0.1) is 0 Å². The lowest BCUT2D eigenvalue weighted by Crippen LogP contribution is -1.84. The molecule has 0 saturated carbocycles. The monoisotopic (exact) mass is 164 g/mol. The predicted molar refractivity (Wildman–Crippen MR) is 37.7 cm³/mol. The topological polar surface area (TPSA) is 17.8 Å². The second kappa shape index (κ2) is 2.58. The molecular formula is C5H6Cl2N2. The van der Waals surface area contributed by atoms with Gasteiger partial charge in [0, 0.05) is 18.8 Å². The first-order valence-corrected chi connectivity index (χ1v) is 3.34. The molecule has 9 heavy (non-hydrogen) atoms. The van der Waals surface area contributed by atoms with Crippen LogP contribution in [0.3, 0.4) is 0 Å². The summed E-state index contributed by atoms with van der Waals surface area (Å²) in [5.74, 6) is 0. The maximum Gasteiger partial charge on any atom is 0.135 e. The molecule has 0 atom stereocenters. The Morgan fingerprint density at radius 2 is 2.33 bits per heavy atom. The Morgan fingerprint density at radius 3 is 2.56 bits per heavy atom. The molecule has 0 aromatic carbocycles. The number of alkyl halides is 2. The summed E-state index contributed by atoms with van der Waals surface area (Å²) in [6, 6.07) is 0. The minimum Gasteiger partial charge on any atom is -0.275 e. The molecule has 0 spiro atoms. The van der Waals surface area contributed by atoms with Crippen LogP contribution >= 0.6 is 23.2 Å². The Kier molecular flexibility index (Phi) is 1.98. The van der Waals surface area contributed by atoms with Crippen LogP contribution in [0.25, 0.3) is 0 Å². The van der Waals surface area contributed by atoms with Crippen molar-refractivity contribution in [1.29, 1.82) is 0 Å². The molecule has 0 unspecified atom stereocenters. The standard InChI is InChI=1S/C5H6Cl2N2/c1-9-3-4(2-8-9)5(6)7/h2-3,5H,1H3. The molecule has 0 aliphatic carbocycles. The van der Waals surface area contributed by atoms with E-state index in [0.717, 1.165) is 5.56 Å². The van der Waals surface area contributed by atoms with E-state index in [1.165, 1.54) is 0 Å². The van der Waals surface area contributed by atoms with Crippen LogP contribution in [-0.2, 0) is 7.05 Å². The maximum atomic E-state index is 5.53. The van der Waals surface area contributed by atoms with Crippen molar-refractivity contribution in [2.24, 2.45) is 7.05 Å². The zero-order valence-electron chi connectivity index (χ0n) is 4.88. The predicted octanol–water partition coefficient (Wildman–Crippen LogP) is 1.90. The first-order chi connectivity index (χ1) is 4.20. The zero-order valence-corrected chi connectivity index (χ0v) is 6.39. The Labute approximate surface area is 63.4 Å². The van der Waals surface area contributed by atoms with Gasteiger partial charge < -0.3 is 0 Å². The van der Waals surface area contributed by atoms with Crippen LogP contribution in [-0.4, -0.2) is 9.78 Å². The van der Waals surface area contributed by atoms with E-state index in [9.17, 15) is 0 Å². The largest absolute Gasteiger partial charge is 0.275 e. The van der Waals surface area contributed by atoms with Gasteiger partial charge in [-0.05, 0) is 0 Å². The molecule has 1 rings (SSSR count). The number of hydrogen-bond acceptors (Lipinski definition) is 1. The molecule has 50 valence electrons. The fraction of sp³-hybridized carbons (Fsp3) is 0.400. The fourth-order valence-electron chi connectivity index (χ4n) is 0.553. The quantitative estimate of drug-likeness (QED) is 0.581. The molecule has 1 heterocycles. The minimum absolute atomic E-state index is 0.460. The van der Waals surface area contributed by atoms with E-state index in [0.29, 0.717) is 0 Å². The van der Waals surface area contributed by atoms with E-state index in [4.69, 9.17) is 23.2 Å². The molecule has 0 aliphatic heterocycles. The second-order valence-electron chi connectivity index (χ2n) is 1.75. The van der Waals surface area contributed by atoms with Crippen LogP contribution in [0.2, 0.25) is 0 Å². The van der Waals surface area contributed by atoms with E-state index in [2.05, 4.69) is 5.10 Å². The third-order valence-corrected chi connectivity index (χ3v) is 1.48. The van der Waals surface area contributed by atoms with E-state index in [1.54, 1.807) is 17.1 Å². The molecule has 1 aromatic heterocycles. The minimum atomic E-state index is -0.460. The average Bonchev–Trinajstić information content (AvgIpc) is 2.14. The van der Waals surface area contributed by atoms with Crippen LogP contribution in [0.1, 0.15) is 10.4 Å². The Balaban J connectivity index is 2.85. The molecule has 1 aromatic rings. The van der Waals surface area contributed by atoms with Crippen molar-refractivity contribution in [3.63, 3.8) is 0 Å². The van der Waals surface area contributed by atoms with Crippen molar-refractivity contribution >= 4 is 23.2 Å². The third-order valence-electron chi connectivity index (χ3n) is 0.977. The van der Waals surface area contributed by atoms with Gasteiger partial charge in [0.05, 0.1) is 6.20 Å². The van der Waals surface area contributed by atoms with Crippen molar-refractivity contribution in [3.05, 3.63) is 18.0 Å². The van der Waals surface area contributed by atoms with Gasteiger partial charge in [0.25, 0.3) is 0 Å². The summed E-state index contributed by atoms with van der Waals surface area (Å²) >= 11 is 11.1. The molecule has 0 fully saturated rings. The van der Waals surface area contributed by atoms with Crippen LogP contribution in [0, 0.1) is 0 Å². The Hall–Kier alpha value is -0.210. The van der Waals surface area contributed by atoms with E-state index in [1.807, 2.05) is 7.05 Å². The lowest BCUT2D eigenvalue weighted by Gasteiger charge is -1.90. The van der Waals surface area contributed by atoms with Gasteiger partial charge in [-0.1, -0.05) is 23.2 Å². The number of halogens is 2. The average molecular weight is 165 g/mol. The SMILES string of the molecule is Cn1cc(C(Cl)Cl)cn1. The molecule has 0 bridgehead atoms. The summed E-state index contributed by atoms with van der Waals surface area (Å²) in [7, 11) is 1.82. The highest BCUT2D eigenvalue weighted by Gasteiger charge is 2.03. The van der Waals surface area contributed by atoms with Crippen molar-refractivity contribution in [2.75, 3.05) is 0 Å². The lowest BCUT2D eigenvalue weighted by molar-refractivity contribution is 0.767. The molecular weight excluding hydrogens is 159 g/mol. The number of nitrogens with zero attached hydrogens (tertiary/aromatic N) is 2. The smallest absolute Gasteiger partial charge is 0.135 e. The van der Waals surface area contributed by atoms with Crippen molar-refractivity contribution in [1.82, 2.24) is 9.78 Å². The molecule has 0 radical (unpaired) electrons. The molecule has 0 N–H and O–H groups in total. The van der Waals surface area contributed by atoms with E-state index in [-0.39, 0.29) is 0 Å². The molecule has 0 aliphatic rings. The molecule has 0 amide bonds. The summed E-state index contributed by atoms with van der Waals surface area (Å²) in [5, 5.41) is 3.89.